The molecule has 0 radical (unpaired) electrons. The van der Waals surface area contributed by atoms with Crippen LogP contribution in [0, 0.1) is 11.8 Å². The molecule has 6 N–H and O–H groups in total. The Morgan fingerprint density at radius 1 is 0.830 bits per heavy atom. The summed E-state index contributed by atoms with van der Waals surface area (Å²) in [4.78, 5) is 34.1. The van der Waals surface area contributed by atoms with Crippen molar-refractivity contribution in [1.29, 1.82) is 0 Å². The standard InChI is InChI=1S/C25H24N2O2.C13H18N2O2.C2HF3O2/c26-18-20-7-4-8-22(17-20)21-13-15-27(16-14-21)25(28)24-12-11-23(29-24)10-9-19-5-2-1-3-6-19;14-13(16)17-9-10-2-1-3-12(8-10)11-4-6-15-7-5-11;3-2(4,5)1(6)7/h1-8,11-12,17,21H,13-16,18,26H2;1-3,8,11,15H,4-7,9H2,(H2,14,16);(H,6,7). The van der Waals surface area contributed by atoms with Crippen LogP contribution < -0.4 is 16.8 Å². The number of halogens is 3. The van der Waals surface area contributed by atoms with Gasteiger partial charge in [-0.15, -0.1) is 0 Å². The fraction of sp³-hybridized carbons (Fsp3) is 0.325. The second-order valence-electron chi connectivity index (χ2n) is 12.5. The van der Waals surface area contributed by atoms with Gasteiger partial charge in [-0.25, -0.2) is 9.59 Å². The average molecular weight is 733 g/mol. The van der Waals surface area contributed by atoms with E-state index in [9.17, 15) is 22.8 Å². The summed E-state index contributed by atoms with van der Waals surface area (Å²) in [7, 11) is 0. The van der Waals surface area contributed by atoms with Gasteiger partial charge in [0.15, 0.2) is 11.5 Å². The summed E-state index contributed by atoms with van der Waals surface area (Å²) >= 11 is 0. The number of hydrogen-bond acceptors (Lipinski definition) is 7. The first kappa shape index (κ1) is 40.2. The fourth-order valence-corrected chi connectivity index (χ4v) is 5.97. The molecular formula is C40H43F3N4O6. The molecule has 3 aromatic carbocycles. The zero-order chi connectivity index (χ0) is 38.2. The van der Waals surface area contributed by atoms with E-state index in [-0.39, 0.29) is 12.5 Å². The molecule has 0 spiro atoms. The molecule has 2 aliphatic rings. The van der Waals surface area contributed by atoms with E-state index in [0.29, 0.717) is 29.9 Å². The normalized spacial score (nSPS) is 14.7. The van der Waals surface area contributed by atoms with Gasteiger partial charge in [-0.2, -0.15) is 13.2 Å². The number of carboxylic acid groups (broad SMARTS) is 1. The molecule has 0 atom stereocenters. The van der Waals surface area contributed by atoms with Crippen molar-refractivity contribution >= 4 is 18.0 Å². The number of nitrogens with one attached hydrogen (secondary N) is 1. The van der Waals surface area contributed by atoms with Crippen molar-refractivity contribution in [2.24, 2.45) is 11.5 Å². The quantitative estimate of drug-likeness (QED) is 0.163. The van der Waals surface area contributed by atoms with Crippen LogP contribution in [0.25, 0.3) is 0 Å². The Kier molecular flexibility index (Phi) is 15.1. The number of amides is 2. The lowest BCUT2D eigenvalue weighted by atomic mass is 9.88. The lowest BCUT2D eigenvalue weighted by Gasteiger charge is -2.31. The molecule has 0 saturated carbocycles. The Labute approximate surface area is 306 Å². The van der Waals surface area contributed by atoms with Gasteiger partial charge in [0.1, 0.15) is 6.61 Å². The predicted molar refractivity (Wildman–Crippen MR) is 193 cm³/mol. The molecule has 2 amide bonds. The average Bonchev–Trinajstić information content (AvgIpc) is 3.66. The highest BCUT2D eigenvalue weighted by molar-refractivity contribution is 5.91. The zero-order valence-electron chi connectivity index (χ0n) is 29.1. The van der Waals surface area contributed by atoms with Crippen LogP contribution in [0.15, 0.2) is 95.4 Å². The number of furan rings is 1. The number of primary amides is 1. The summed E-state index contributed by atoms with van der Waals surface area (Å²) < 4.78 is 42.2. The number of alkyl halides is 3. The first-order valence-corrected chi connectivity index (χ1v) is 17.2. The summed E-state index contributed by atoms with van der Waals surface area (Å²) in [6, 6.07) is 29.9. The minimum Gasteiger partial charge on any atom is -0.475 e. The predicted octanol–water partition coefficient (Wildman–Crippen LogP) is 6.54. The molecule has 4 aromatic rings. The zero-order valence-corrected chi connectivity index (χ0v) is 29.1. The maximum atomic E-state index is 12.8. The van der Waals surface area contributed by atoms with E-state index in [4.69, 9.17) is 30.5 Å². The molecular weight excluding hydrogens is 689 g/mol. The Morgan fingerprint density at radius 2 is 1.42 bits per heavy atom. The maximum absolute atomic E-state index is 12.8. The van der Waals surface area contributed by atoms with Gasteiger partial charge in [0.05, 0.1) is 0 Å². The van der Waals surface area contributed by atoms with Crippen molar-refractivity contribution in [1.82, 2.24) is 10.2 Å². The first-order chi connectivity index (χ1) is 25.4. The van der Waals surface area contributed by atoms with Crippen LogP contribution in [0.5, 0.6) is 0 Å². The molecule has 3 heterocycles. The molecule has 2 fully saturated rings. The van der Waals surface area contributed by atoms with Gasteiger partial charge in [-0.1, -0.05) is 72.7 Å². The Balaban J connectivity index is 0.000000220. The number of likely N-dealkylation sites (tertiary alicyclic amines) is 1. The number of carbonyl (C=O) groups excluding carboxylic acids is 2. The molecule has 2 aliphatic heterocycles. The van der Waals surface area contributed by atoms with Crippen LogP contribution >= 0.6 is 0 Å². The molecule has 2 saturated heterocycles. The minimum absolute atomic E-state index is 0.0630. The number of benzene rings is 3. The lowest BCUT2D eigenvalue weighted by molar-refractivity contribution is -0.192. The number of nitrogens with two attached hydrogens (primary N) is 2. The van der Waals surface area contributed by atoms with Crippen molar-refractivity contribution < 1.29 is 41.8 Å². The smallest absolute Gasteiger partial charge is 0.475 e. The van der Waals surface area contributed by atoms with Crippen molar-refractivity contribution in [3.8, 4) is 11.8 Å². The number of piperidine rings is 2. The number of aliphatic carboxylic acids is 1. The third kappa shape index (κ3) is 13.2. The molecule has 13 heteroatoms. The van der Waals surface area contributed by atoms with Crippen LogP contribution in [0.1, 0.15) is 81.7 Å². The summed E-state index contributed by atoms with van der Waals surface area (Å²) in [6.07, 6.45) is -1.58. The third-order valence-electron chi connectivity index (χ3n) is 8.75. The van der Waals surface area contributed by atoms with Crippen molar-refractivity contribution in [3.63, 3.8) is 0 Å². The highest BCUT2D eigenvalue weighted by atomic mass is 19.4. The Hall–Kier alpha value is -5.58. The van der Waals surface area contributed by atoms with Crippen LogP contribution in [-0.2, 0) is 22.7 Å². The summed E-state index contributed by atoms with van der Waals surface area (Å²) in [6.45, 7) is 4.41. The van der Waals surface area contributed by atoms with Crippen LogP contribution in [0.3, 0.4) is 0 Å². The largest absolute Gasteiger partial charge is 0.490 e. The topological polar surface area (TPSA) is 161 Å². The van der Waals surface area contributed by atoms with Crippen LogP contribution in [0.2, 0.25) is 0 Å². The molecule has 0 bridgehead atoms. The number of hydrogen-bond donors (Lipinski definition) is 4. The van der Waals surface area contributed by atoms with Gasteiger partial charge in [-0.05, 0) is 103 Å². The van der Waals surface area contributed by atoms with E-state index in [1.807, 2.05) is 47.4 Å². The van der Waals surface area contributed by atoms with E-state index >= 15 is 0 Å². The maximum Gasteiger partial charge on any atom is 0.490 e. The molecule has 53 heavy (non-hydrogen) atoms. The second-order valence-corrected chi connectivity index (χ2v) is 12.5. The van der Waals surface area contributed by atoms with Crippen LogP contribution in [-0.4, -0.2) is 60.3 Å². The summed E-state index contributed by atoms with van der Waals surface area (Å²) in [5, 5.41) is 10.5. The van der Waals surface area contributed by atoms with E-state index in [1.54, 1.807) is 12.1 Å². The van der Waals surface area contributed by atoms with Crippen molar-refractivity contribution in [3.05, 3.63) is 130 Å². The third-order valence-corrected chi connectivity index (χ3v) is 8.75. The number of rotatable bonds is 6. The van der Waals surface area contributed by atoms with Gasteiger partial charge in [-0.3, -0.25) is 4.79 Å². The first-order valence-electron chi connectivity index (χ1n) is 17.2. The van der Waals surface area contributed by atoms with Gasteiger partial charge in [0, 0.05) is 25.2 Å². The van der Waals surface area contributed by atoms with E-state index in [2.05, 4.69) is 53.6 Å². The highest BCUT2D eigenvalue weighted by Crippen LogP contribution is 2.29. The van der Waals surface area contributed by atoms with Gasteiger partial charge in [0.25, 0.3) is 5.91 Å². The molecule has 0 unspecified atom stereocenters. The summed E-state index contributed by atoms with van der Waals surface area (Å²) in [5.74, 6) is 5.15. The van der Waals surface area contributed by atoms with Gasteiger partial charge in [0.2, 0.25) is 0 Å². The van der Waals surface area contributed by atoms with Crippen LogP contribution in [0.4, 0.5) is 18.0 Å². The Bertz CT molecular complexity index is 1850. The number of ether oxygens (including phenoxy) is 1. The molecule has 10 nitrogen and oxygen atoms in total. The SMILES string of the molecule is NC(=O)OCc1cccc(C2CCNCC2)c1.NCc1cccc(C2CCN(C(=O)c3ccc(C#Cc4ccccc4)o3)CC2)c1.O=C(O)C(F)(F)F. The van der Waals surface area contributed by atoms with Crippen molar-refractivity contribution in [2.45, 2.75) is 56.8 Å². The second kappa shape index (κ2) is 19.9. The molecule has 280 valence electrons. The van der Waals surface area contributed by atoms with E-state index < -0.39 is 18.2 Å². The van der Waals surface area contributed by atoms with Gasteiger partial charge >= 0.3 is 18.2 Å². The number of nitrogens with zero attached hydrogens (tertiary/aromatic N) is 1. The highest BCUT2D eigenvalue weighted by Gasteiger charge is 2.38. The minimum atomic E-state index is -5.08. The lowest BCUT2D eigenvalue weighted by Crippen LogP contribution is -2.37. The monoisotopic (exact) mass is 732 g/mol. The number of carboxylic acids is 1. The molecule has 6 rings (SSSR count). The summed E-state index contributed by atoms with van der Waals surface area (Å²) in [5.41, 5.74) is 16.4. The van der Waals surface area contributed by atoms with Crippen molar-refractivity contribution in [2.75, 3.05) is 26.2 Å². The fourth-order valence-electron chi connectivity index (χ4n) is 5.97. The van der Waals surface area contributed by atoms with Gasteiger partial charge < -0.3 is 35.9 Å². The Morgan fingerprint density at radius 3 is 2.00 bits per heavy atom. The molecule has 1 aromatic heterocycles. The number of carbonyl (C=O) groups is 3. The molecule has 0 aliphatic carbocycles. The van der Waals surface area contributed by atoms with E-state index in [1.165, 1.54) is 24.0 Å². The van der Waals surface area contributed by atoms with E-state index in [0.717, 1.165) is 55.7 Å².